The number of anilines is 1. The van der Waals surface area contributed by atoms with Crippen molar-refractivity contribution in [2.45, 2.75) is 0 Å². The van der Waals surface area contributed by atoms with Gasteiger partial charge in [-0.3, -0.25) is 4.79 Å². The Hall–Kier alpha value is -2.46. The van der Waals surface area contributed by atoms with E-state index in [0.29, 0.717) is 21.8 Å². The molecule has 0 fully saturated rings. The number of hydrogen-bond acceptors (Lipinski definition) is 4. The molecule has 4 heteroatoms. The minimum absolute atomic E-state index is 0.0808. The Balaban J connectivity index is 2.01. The highest BCUT2D eigenvalue weighted by atomic mass is 32.1. The summed E-state index contributed by atoms with van der Waals surface area (Å²) in [5.74, 6) is -0.0808. The van der Waals surface area contributed by atoms with E-state index in [2.05, 4.69) is 4.37 Å². The fourth-order valence-corrected chi connectivity index (χ4v) is 2.77. The summed E-state index contributed by atoms with van der Waals surface area (Å²) in [6.07, 6.45) is 0. The topological polar surface area (TPSA) is 56.0 Å². The molecule has 0 amide bonds. The quantitative estimate of drug-likeness (QED) is 0.745. The number of carbonyl (C=O) groups excluding carboxylic acids is 1. The maximum absolute atomic E-state index is 12.4. The molecule has 0 atom stereocenters. The van der Waals surface area contributed by atoms with Gasteiger partial charge in [0.05, 0.1) is 5.69 Å². The molecule has 0 bridgehead atoms. The molecule has 0 saturated carbocycles. The molecule has 0 aliphatic heterocycles. The second-order valence-electron chi connectivity index (χ2n) is 4.34. The fraction of sp³-hybridized carbons (Fsp3) is 0. The molecule has 0 radical (unpaired) electrons. The van der Waals surface area contributed by atoms with Gasteiger partial charge in [0.2, 0.25) is 5.78 Å². The van der Waals surface area contributed by atoms with Crippen molar-refractivity contribution in [3.63, 3.8) is 0 Å². The number of nitrogens with two attached hydrogens (primary N) is 1. The van der Waals surface area contributed by atoms with E-state index in [0.717, 1.165) is 17.1 Å². The lowest BCUT2D eigenvalue weighted by Gasteiger charge is -2.00. The van der Waals surface area contributed by atoms with Crippen molar-refractivity contribution >= 4 is 23.0 Å². The highest BCUT2D eigenvalue weighted by molar-refractivity contribution is 7.09. The number of carbonyl (C=O) groups is 1. The molecule has 0 unspecified atom stereocenters. The van der Waals surface area contributed by atoms with E-state index in [1.54, 1.807) is 12.1 Å². The van der Waals surface area contributed by atoms with Gasteiger partial charge in [-0.15, -0.1) is 0 Å². The number of nitrogens with zero attached hydrogens (tertiary/aromatic N) is 1. The minimum Gasteiger partial charge on any atom is -0.396 e. The maximum atomic E-state index is 12.4. The van der Waals surface area contributed by atoms with Crippen LogP contribution in [0.25, 0.3) is 11.3 Å². The third-order valence-corrected chi connectivity index (χ3v) is 3.88. The Kier molecular flexibility index (Phi) is 3.31. The molecule has 2 N–H and O–H groups in total. The number of hydrogen-bond donors (Lipinski definition) is 1. The zero-order chi connectivity index (χ0) is 13.9. The predicted molar refractivity (Wildman–Crippen MR) is 81.8 cm³/mol. The Morgan fingerprint density at radius 2 is 1.55 bits per heavy atom. The number of nitrogen functional groups attached to an aromatic ring is 1. The van der Waals surface area contributed by atoms with Crippen LogP contribution in [0.2, 0.25) is 0 Å². The fourth-order valence-electron chi connectivity index (χ4n) is 1.99. The first-order valence-electron chi connectivity index (χ1n) is 6.17. The number of aromatic nitrogens is 1. The summed E-state index contributed by atoms with van der Waals surface area (Å²) in [5, 5.41) is 0. The summed E-state index contributed by atoms with van der Waals surface area (Å²) in [5.41, 5.74) is 8.78. The van der Waals surface area contributed by atoms with Crippen molar-refractivity contribution in [3.8, 4) is 11.3 Å². The van der Waals surface area contributed by atoms with Crippen molar-refractivity contribution in [3.05, 3.63) is 71.1 Å². The van der Waals surface area contributed by atoms with E-state index in [1.807, 2.05) is 48.5 Å². The van der Waals surface area contributed by atoms with Gasteiger partial charge in [-0.2, -0.15) is 4.37 Å². The molecule has 20 heavy (non-hydrogen) atoms. The summed E-state index contributed by atoms with van der Waals surface area (Å²) in [7, 11) is 0. The molecule has 3 nitrogen and oxygen atoms in total. The monoisotopic (exact) mass is 280 g/mol. The van der Waals surface area contributed by atoms with Crippen molar-refractivity contribution < 1.29 is 4.79 Å². The van der Waals surface area contributed by atoms with Crippen LogP contribution in [0.1, 0.15) is 15.2 Å². The van der Waals surface area contributed by atoms with Gasteiger partial charge in [-0.05, 0) is 11.5 Å². The second-order valence-corrected chi connectivity index (χ2v) is 5.11. The minimum atomic E-state index is -0.0808. The van der Waals surface area contributed by atoms with E-state index in [4.69, 9.17) is 5.73 Å². The van der Waals surface area contributed by atoms with Crippen molar-refractivity contribution in [2.75, 3.05) is 5.73 Å². The van der Waals surface area contributed by atoms with Crippen LogP contribution in [0.3, 0.4) is 0 Å². The van der Waals surface area contributed by atoms with Crippen LogP contribution in [0.5, 0.6) is 0 Å². The van der Waals surface area contributed by atoms with Crippen LogP contribution >= 0.6 is 11.5 Å². The second kappa shape index (κ2) is 5.27. The first-order chi connectivity index (χ1) is 9.77. The Morgan fingerprint density at radius 1 is 0.950 bits per heavy atom. The lowest BCUT2D eigenvalue weighted by Crippen LogP contribution is -2.02. The summed E-state index contributed by atoms with van der Waals surface area (Å²) in [6.45, 7) is 0. The molecular formula is C16H12N2OS. The Morgan fingerprint density at radius 3 is 2.20 bits per heavy atom. The molecule has 3 rings (SSSR count). The molecule has 0 saturated heterocycles. The molecule has 1 aromatic heterocycles. The highest BCUT2D eigenvalue weighted by Crippen LogP contribution is 2.31. The normalized spacial score (nSPS) is 10.4. The van der Waals surface area contributed by atoms with Gasteiger partial charge in [-0.25, -0.2) is 0 Å². The van der Waals surface area contributed by atoms with Crippen molar-refractivity contribution in [1.29, 1.82) is 0 Å². The van der Waals surface area contributed by atoms with Crippen LogP contribution in [0, 0.1) is 0 Å². The van der Waals surface area contributed by atoms with Crippen molar-refractivity contribution in [1.82, 2.24) is 4.37 Å². The molecule has 2 aromatic carbocycles. The van der Waals surface area contributed by atoms with Crippen LogP contribution in [0.15, 0.2) is 60.7 Å². The van der Waals surface area contributed by atoms with E-state index >= 15 is 0 Å². The Bertz CT molecular complexity index is 736. The van der Waals surface area contributed by atoms with Gasteiger partial charge in [0.15, 0.2) is 0 Å². The van der Waals surface area contributed by atoms with Gasteiger partial charge in [0.1, 0.15) is 10.6 Å². The van der Waals surface area contributed by atoms with Crippen LogP contribution in [-0.4, -0.2) is 10.2 Å². The van der Waals surface area contributed by atoms with E-state index in [-0.39, 0.29) is 5.78 Å². The molecule has 98 valence electrons. The van der Waals surface area contributed by atoms with E-state index < -0.39 is 0 Å². The predicted octanol–water partition coefficient (Wildman–Crippen LogP) is 3.62. The molecule has 0 aliphatic rings. The Labute approximate surface area is 120 Å². The van der Waals surface area contributed by atoms with Gasteiger partial charge < -0.3 is 5.73 Å². The average Bonchev–Trinajstić information content (AvgIpc) is 2.90. The van der Waals surface area contributed by atoms with Crippen LogP contribution in [-0.2, 0) is 0 Å². The third-order valence-electron chi connectivity index (χ3n) is 3.02. The van der Waals surface area contributed by atoms with Crippen LogP contribution < -0.4 is 5.73 Å². The SMILES string of the molecule is Nc1c(-c2ccccc2)nsc1C(=O)c1ccccc1. The zero-order valence-corrected chi connectivity index (χ0v) is 11.4. The summed E-state index contributed by atoms with van der Waals surface area (Å²) in [4.78, 5) is 12.9. The first-order valence-corrected chi connectivity index (χ1v) is 6.95. The lowest BCUT2D eigenvalue weighted by molar-refractivity contribution is 0.104. The van der Waals surface area contributed by atoms with Crippen molar-refractivity contribution in [2.24, 2.45) is 0 Å². The maximum Gasteiger partial charge on any atom is 0.206 e. The van der Waals surface area contributed by atoms with Gasteiger partial charge in [-0.1, -0.05) is 60.7 Å². The van der Waals surface area contributed by atoms with E-state index in [1.165, 1.54) is 0 Å². The molecule has 3 aromatic rings. The first kappa shape index (κ1) is 12.6. The van der Waals surface area contributed by atoms with Gasteiger partial charge in [0.25, 0.3) is 0 Å². The largest absolute Gasteiger partial charge is 0.396 e. The smallest absolute Gasteiger partial charge is 0.206 e. The van der Waals surface area contributed by atoms with Gasteiger partial charge in [0, 0.05) is 11.1 Å². The summed E-state index contributed by atoms with van der Waals surface area (Å²) >= 11 is 1.15. The third kappa shape index (κ3) is 2.21. The zero-order valence-electron chi connectivity index (χ0n) is 10.6. The summed E-state index contributed by atoms with van der Waals surface area (Å²) in [6, 6.07) is 18.8. The standard InChI is InChI=1S/C16H12N2OS/c17-13-14(11-7-3-1-4-8-11)18-20-16(13)15(19)12-9-5-2-6-10-12/h1-10H,17H2. The average molecular weight is 280 g/mol. The number of ketones is 1. The molecule has 1 heterocycles. The van der Waals surface area contributed by atoms with Crippen LogP contribution in [0.4, 0.5) is 5.69 Å². The molecule has 0 aliphatic carbocycles. The number of rotatable bonds is 3. The van der Waals surface area contributed by atoms with E-state index in [9.17, 15) is 4.79 Å². The molecular weight excluding hydrogens is 268 g/mol. The molecule has 0 spiro atoms. The summed E-state index contributed by atoms with van der Waals surface area (Å²) < 4.78 is 4.33. The number of benzene rings is 2. The lowest BCUT2D eigenvalue weighted by atomic mass is 10.1. The van der Waals surface area contributed by atoms with Gasteiger partial charge >= 0.3 is 0 Å². The highest BCUT2D eigenvalue weighted by Gasteiger charge is 2.19.